The van der Waals surface area contributed by atoms with Crippen LogP contribution in [-0.2, 0) is 19.8 Å². The van der Waals surface area contributed by atoms with E-state index in [0.717, 1.165) is 24.2 Å². The van der Waals surface area contributed by atoms with Gasteiger partial charge in [-0.3, -0.25) is 9.48 Å². The molecule has 1 aromatic carbocycles. The lowest BCUT2D eigenvalue weighted by molar-refractivity contribution is 0.0777. The van der Waals surface area contributed by atoms with Crippen LogP contribution in [0.4, 0.5) is 8.78 Å². The fourth-order valence-electron chi connectivity index (χ4n) is 2.48. The maximum atomic E-state index is 13.6. The summed E-state index contributed by atoms with van der Waals surface area (Å²) in [5.74, 6) is -1.83. The van der Waals surface area contributed by atoms with Crippen LogP contribution in [0.25, 0.3) is 0 Å². The highest BCUT2D eigenvalue weighted by molar-refractivity contribution is 5.91. The van der Waals surface area contributed by atoms with E-state index in [-0.39, 0.29) is 24.1 Å². The van der Waals surface area contributed by atoms with Crippen LogP contribution in [0.15, 0.2) is 42.9 Å². The SMILES string of the molecule is CCn1cc(CN(C)C(=O)c2ccn(COc3ccc(F)cc3F)n2)cn1. The molecule has 0 saturated heterocycles. The van der Waals surface area contributed by atoms with Crippen molar-refractivity contribution in [2.45, 2.75) is 26.7 Å². The number of amides is 1. The highest BCUT2D eigenvalue weighted by atomic mass is 19.1. The molecule has 142 valence electrons. The van der Waals surface area contributed by atoms with E-state index < -0.39 is 11.6 Å². The molecule has 1 amide bonds. The molecule has 27 heavy (non-hydrogen) atoms. The van der Waals surface area contributed by atoms with Crippen LogP contribution in [0, 0.1) is 11.6 Å². The number of benzene rings is 1. The Bertz CT molecular complexity index is 937. The van der Waals surface area contributed by atoms with Crippen molar-refractivity contribution >= 4 is 5.91 Å². The normalized spacial score (nSPS) is 10.8. The first-order valence-corrected chi connectivity index (χ1v) is 8.34. The quantitative estimate of drug-likeness (QED) is 0.637. The monoisotopic (exact) mass is 375 g/mol. The second-order valence-corrected chi connectivity index (χ2v) is 5.95. The van der Waals surface area contributed by atoms with Gasteiger partial charge in [0.2, 0.25) is 0 Å². The number of carbonyl (C=O) groups excluding carboxylic acids is 1. The number of hydrogen-bond acceptors (Lipinski definition) is 4. The summed E-state index contributed by atoms with van der Waals surface area (Å²) >= 11 is 0. The van der Waals surface area contributed by atoms with E-state index in [0.29, 0.717) is 6.54 Å². The molecule has 0 spiro atoms. The van der Waals surface area contributed by atoms with Gasteiger partial charge in [-0.05, 0) is 25.1 Å². The second kappa shape index (κ2) is 7.98. The minimum Gasteiger partial charge on any atom is -0.468 e. The lowest BCUT2D eigenvalue weighted by atomic mass is 10.3. The van der Waals surface area contributed by atoms with Crippen molar-refractivity contribution < 1.29 is 18.3 Å². The zero-order chi connectivity index (χ0) is 19.4. The molecule has 0 fully saturated rings. The van der Waals surface area contributed by atoms with Crippen LogP contribution >= 0.6 is 0 Å². The first kappa shape index (κ1) is 18.6. The molecule has 0 radical (unpaired) electrons. The maximum absolute atomic E-state index is 13.6. The van der Waals surface area contributed by atoms with Gasteiger partial charge >= 0.3 is 0 Å². The second-order valence-electron chi connectivity index (χ2n) is 5.95. The standard InChI is InChI=1S/C18H19F2N5O2/c1-3-24-11-13(9-21-24)10-23(2)18(26)16-6-7-25(22-16)12-27-17-5-4-14(19)8-15(17)20/h4-9,11H,3,10,12H2,1-2H3. The number of aromatic nitrogens is 4. The number of carbonyl (C=O) groups is 1. The van der Waals surface area contributed by atoms with Crippen molar-refractivity contribution in [1.29, 1.82) is 0 Å². The summed E-state index contributed by atoms with van der Waals surface area (Å²) in [6.07, 6.45) is 5.15. The van der Waals surface area contributed by atoms with Crippen molar-refractivity contribution in [3.63, 3.8) is 0 Å². The fourth-order valence-corrected chi connectivity index (χ4v) is 2.48. The van der Waals surface area contributed by atoms with E-state index in [4.69, 9.17) is 4.74 Å². The minimum absolute atomic E-state index is 0.0927. The van der Waals surface area contributed by atoms with Gasteiger partial charge in [0.05, 0.1) is 6.20 Å². The van der Waals surface area contributed by atoms with Gasteiger partial charge in [0, 0.05) is 44.2 Å². The highest BCUT2D eigenvalue weighted by Gasteiger charge is 2.16. The number of halogens is 2. The molecule has 0 N–H and O–H groups in total. The number of hydrogen-bond donors (Lipinski definition) is 0. The average Bonchev–Trinajstić information content (AvgIpc) is 3.29. The van der Waals surface area contributed by atoms with E-state index in [2.05, 4.69) is 10.2 Å². The van der Waals surface area contributed by atoms with Crippen LogP contribution in [0.1, 0.15) is 23.0 Å². The Morgan fingerprint density at radius 2 is 2.07 bits per heavy atom. The van der Waals surface area contributed by atoms with Crippen LogP contribution in [0.2, 0.25) is 0 Å². The predicted octanol–water partition coefficient (Wildman–Crippen LogP) is 2.69. The Kier molecular flexibility index (Phi) is 5.49. The third kappa shape index (κ3) is 4.49. The van der Waals surface area contributed by atoms with Crippen molar-refractivity contribution in [3.05, 3.63) is 65.7 Å². The molecule has 3 aromatic rings. The smallest absolute Gasteiger partial charge is 0.274 e. The molecule has 0 aliphatic heterocycles. The minimum atomic E-state index is -0.800. The lowest BCUT2D eigenvalue weighted by Gasteiger charge is -2.14. The van der Waals surface area contributed by atoms with Gasteiger partial charge in [0.1, 0.15) is 5.82 Å². The van der Waals surface area contributed by atoms with Gasteiger partial charge in [0.15, 0.2) is 24.0 Å². The molecular weight excluding hydrogens is 356 g/mol. The third-order valence-corrected chi connectivity index (χ3v) is 3.88. The molecule has 0 atom stereocenters. The van der Waals surface area contributed by atoms with Gasteiger partial charge in [-0.1, -0.05) is 0 Å². The van der Waals surface area contributed by atoms with E-state index in [1.165, 1.54) is 15.6 Å². The Morgan fingerprint density at radius 1 is 1.26 bits per heavy atom. The summed E-state index contributed by atoms with van der Waals surface area (Å²) in [6, 6.07) is 4.60. The molecule has 0 aliphatic carbocycles. The first-order chi connectivity index (χ1) is 13.0. The number of rotatable bonds is 7. The average molecular weight is 375 g/mol. The summed E-state index contributed by atoms with van der Waals surface area (Å²) in [5.41, 5.74) is 1.16. The van der Waals surface area contributed by atoms with Crippen LogP contribution in [0.3, 0.4) is 0 Å². The Morgan fingerprint density at radius 3 is 2.78 bits per heavy atom. The Hall–Kier alpha value is -3.23. The highest BCUT2D eigenvalue weighted by Crippen LogP contribution is 2.18. The lowest BCUT2D eigenvalue weighted by Crippen LogP contribution is -2.26. The topological polar surface area (TPSA) is 65.2 Å². The molecule has 0 aliphatic rings. The van der Waals surface area contributed by atoms with E-state index in [9.17, 15) is 13.6 Å². The van der Waals surface area contributed by atoms with Gasteiger partial charge in [-0.15, -0.1) is 0 Å². The molecular formula is C18H19F2N5O2. The summed E-state index contributed by atoms with van der Waals surface area (Å²) in [5, 5.41) is 8.32. The number of aryl methyl sites for hydroxylation is 1. The molecule has 9 heteroatoms. The van der Waals surface area contributed by atoms with Crippen molar-refractivity contribution in [1.82, 2.24) is 24.5 Å². The molecule has 2 aromatic heterocycles. The van der Waals surface area contributed by atoms with Crippen LogP contribution < -0.4 is 4.74 Å². The molecule has 7 nitrogen and oxygen atoms in total. The molecule has 0 unspecified atom stereocenters. The summed E-state index contributed by atoms with van der Waals surface area (Å²) < 4.78 is 34.9. The summed E-state index contributed by atoms with van der Waals surface area (Å²) in [4.78, 5) is 14.0. The van der Waals surface area contributed by atoms with Gasteiger partial charge in [0.25, 0.3) is 5.91 Å². The number of nitrogens with zero attached hydrogens (tertiary/aromatic N) is 5. The summed E-state index contributed by atoms with van der Waals surface area (Å²) in [6.45, 7) is 3.04. The van der Waals surface area contributed by atoms with Crippen molar-refractivity contribution in [3.8, 4) is 5.75 Å². The van der Waals surface area contributed by atoms with E-state index in [1.54, 1.807) is 30.2 Å². The first-order valence-electron chi connectivity index (χ1n) is 8.34. The summed E-state index contributed by atoms with van der Waals surface area (Å²) in [7, 11) is 1.68. The van der Waals surface area contributed by atoms with Crippen molar-refractivity contribution in [2.24, 2.45) is 0 Å². The largest absolute Gasteiger partial charge is 0.468 e. The maximum Gasteiger partial charge on any atom is 0.274 e. The molecule has 2 heterocycles. The van der Waals surface area contributed by atoms with E-state index in [1.807, 2.05) is 13.1 Å². The van der Waals surface area contributed by atoms with Crippen molar-refractivity contribution in [2.75, 3.05) is 7.05 Å². The third-order valence-electron chi connectivity index (χ3n) is 3.88. The molecule has 3 rings (SSSR count). The Balaban J connectivity index is 1.59. The number of ether oxygens (including phenoxy) is 1. The Labute approximate surface area is 154 Å². The molecule has 0 bridgehead atoms. The van der Waals surface area contributed by atoms with E-state index >= 15 is 0 Å². The zero-order valence-electron chi connectivity index (χ0n) is 15.0. The van der Waals surface area contributed by atoms with Gasteiger partial charge in [-0.2, -0.15) is 10.2 Å². The van der Waals surface area contributed by atoms with Crippen LogP contribution in [0.5, 0.6) is 5.75 Å². The van der Waals surface area contributed by atoms with Gasteiger partial charge < -0.3 is 9.64 Å². The fraction of sp³-hybridized carbons (Fsp3) is 0.278. The predicted molar refractivity (Wildman–Crippen MR) is 92.9 cm³/mol. The molecule has 0 saturated carbocycles. The van der Waals surface area contributed by atoms with Gasteiger partial charge in [-0.25, -0.2) is 13.5 Å². The zero-order valence-corrected chi connectivity index (χ0v) is 15.0. The van der Waals surface area contributed by atoms with Crippen LogP contribution in [-0.4, -0.2) is 37.4 Å².